The van der Waals surface area contributed by atoms with E-state index in [1.54, 1.807) is 0 Å². The maximum Gasteiger partial charge on any atom is 0.240 e. The SMILES string of the molecule is Cc1c(CNC(=O)C2(N)CCCCC2)oc2ccccc12. The van der Waals surface area contributed by atoms with Crippen LogP contribution in [0.15, 0.2) is 28.7 Å². The van der Waals surface area contributed by atoms with Crippen LogP contribution in [0.25, 0.3) is 11.0 Å². The normalized spacial score (nSPS) is 17.8. The van der Waals surface area contributed by atoms with Gasteiger partial charge in [0.25, 0.3) is 0 Å². The first-order valence-electron chi connectivity index (χ1n) is 7.64. The van der Waals surface area contributed by atoms with Gasteiger partial charge in [-0.3, -0.25) is 4.79 Å². The maximum absolute atomic E-state index is 12.3. The molecule has 4 heteroatoms. The molecule has 1 aromatic carbocycles. The highest BCUT2D eigenvalue weighted by Gasteiger charge is 2.35. The molecule has 3 rings (SSSR count). The molecule has 3 N–H and O–H groups in total. The van der Waals surface area contributed by atoms with Crippen molar-refractivity contribution in [3.05, 3.63) is 35.6 Å². The van der Waals surface area contributed by atoms with Crippen LogP contribution in [0, 0.1) is 6.92 Å². The summed E-state index contributed by atoms with van der Waals surface area (Å²) in [6.45, 7) is 2.42. The van der Waals surface area contributed by atoms with Crippen LogP contribution >= 0.6 is 0 Å². The van der Waals surface area contributed by atoms with E-state index in [9.17, 15) is 4.79 Å². The number of amides is 1. The predicted octanol–water partition coefficient (Wildman–Crippen LogP) is 3.02. The highest BCUT2D eigenvalue weighted by Crippen LogP contribution is 2.27. The Kier molecular flexibility index (Phi) is 3.72. The Hall–Kier alpha value is -1.81. The molecule has 1 amide bonds. The number of aryl methyl sites for hydroxylation is 1. The quantitative estimate of drug-likeness (QED) is 0.911. The number of rotatable bonds is 3. The van der Waals surface area contributed by atoms with Gasteiger partial charge in [0.2, 0.25) is 5.91 Å². The van der Waals surface area contributed by atoms with Crippen molar-refractivity contribution in [1.29, 1.82) is 0 Å². The van der Waals surface area contributed by atoms with Gasteiger partial charge in [-0.1, -0.05) is 37.5 Å². The van der Waals surface area contributed by atoms with Crippen molar-refractivity contribution in [2.24, 2.45) is 5.73 Å². The van der Waals surface area contributed by atoms with E-state index in [0.717, 1.165) is 48.0 Å². The molecule has 1 saturated carbocycles. The molecule has 1 aliphatic carbocycles. The molecule has 4 nitrogen and oxygen atoms in total. The molecule has 1 aliphatic rings. The van der Waals surface area contributed by atoms with E-state index in [1.165, 1.54) is 6.42 Å². The summed E-state index contributed by atoms with van der Waals surface area (Å²) in [5, 5.41) is 4.05. The third-order valence-electron chi connectivity index (χ3n) is 4.55. The number of hydrogen-bond acceptors (Lipinski definition) is 3. The molecule has 0 bridgehead atoms. The molecule has 0 aliphatic heterocycles. The van der Waals surface area contributed by atoms with Crippen LogP contribution in [-0.2, 0) is 11.3 Å². The van der Waals surface area contributed by atoms with Crippen molar-refractivity contribution < 1.29 is 9.21 Å². The average Bonchev–Trinajstić information content (AvgIpc) is 2.82. The third kappa shape index (κ3) is 2.68. The van der Waals surface area contributed by atoms with E-state index in [0.29, 0.717) is 6.54 Å². The molecular formula is C17H22N2O2. The van der Waals surface area contributed by atoms with Crippen molar-refractivity contribution in [3.63, 3.8) is 0 Å². The summed E-state index contributed by atoms with van der Waals surface area (Å²) in [6.07, 6.45) is 4.80. The average molecular weight is 286 g/mol. The highest BCUT2D eigenvalue weighted by molar-refractivity contribution is 5.86. The molecule has 0 atom stereocenters. The molecule has 2 aromatic rings. The van der Waals surface area contributed by atoms with Crippen molar-refractivity contribution in [1.82, 2.24) is 5.32 Å². The van der Waals surface area contributed by atoms with E-state index in [-0.39, 0.29) is 5.91 Å². The van der Waals surface area contributed by atoms with Crippen LogP contribution in [0.3, 0.4) is 0 Å². The largest absolute Gasteiger partial charge is 0.459 e. The van der Waals surface area contributed by atoms with Crippen LogP contribution in [0.5, 0.6) is 0 Å². The number of hydrogen-bond donors (Lipinski definition) is 2. The summed E-state index contributed by atoms with van der Waals surface area (Å²) in [5.74, 6) is 0.756. The lowest BCUT2D eigenvalue weighted by Gasteiger charge is -2.31. The van der Waals surface area contributed by atoms with Gasteiger partial charge in [0.15, 0.2) is 0 Å². The molecule has 0 unspecified atom stereocenters. The van der Waals surface area contributed by atoms with E-state index in [1.807, 2.05) is 31.2 Å². The summed E-state index contributed by atoms with van der Waals surface area (Å²) < 4.78 is 5.81. The van der Waals surface area contributed by atoms with Gasteiger partial charge in [0, 0.05) is 10.9 Å². The monoisotopic (exact) mass is 286 g/mol. The van der Waals surface area contributed by atoms with Crippen LogP contribution in [-0.4, -0.2) is 11.4 Å². The standard InChI is InChI=1S/C17H22N2O2/c1-12-13-7-3-4-8-14(13)21-15(12)11-19-16(20)17(18)9-5-2-6-10-17/h3-4,7-8H,2,5-6,9-11,18H2,1H3,(H,19,20). The summed E-state index contributed by atoms with van der Waals surface area (Å²) in [5.41, 5.74) is 7.49. The summed E-state index contributed by atoms with van der Waals surface area (Å²) >= 11 is 0. The number of benzene rings is 1. The molecule has 0 spiro atoms. The van der Waals surface area contributed by atoms with E-state index < -0.39 is 5.54 Å². The van der Waals surface area contributed by atoms with Gasteiger partial charge in [-0.05, 0) is 25.8 Å². The summed E-state index contributed by atoms with van der Waals surface area (Å²) in [7, 11) is 0. The number of furan rings is 1. The first kappa shape index (κ1) is 14.1. The fraction of sp³-hybridized carbons (Fsp3) is 0.471. The minimum atomic E-state index is -0.696. The molecule has 1 heterocycles. The fourth-order valence-electron chi connectivity index (χ4n) is 3.14. The number of carbonyl (C=O) groups excluding carboxylic acids is 1. The molecule has 112 valence electrons. The zero-order chi connectivity index (χ0) is 14.9. The molecular weight excluding hydrogens is 264 g/mol. The Labute approximate surface area is 124 Å². The van der Waals surface area contributed by atoms with Crippen LogP contribution < -0.4 is 11.1 Å². The third-order valence-corrected chi connectivity index (χ3v) is 4.55. The van der Waals surface area contributed by atoms with Crippen molar-refractivity contribution in [2.75, 3.05) is 0 Å². The molecule has 0 saturated heterocycles. The zero-order valence-electron chi connectivity index (χ0n) is 12.4. The molecule has 21 heavy (non-hydrogen) atoms. The Morgan fingerprint density at radius 2 is 2.00 bits per heavy atom. The first-order chi connectivity index (χ1) is 10.1. The summed E-state index contributed by atoms with van der Waals surface area (Å²) in [4.78, 5) is 12.3. The van der Waals surface area contributed by atoms with Gasteiger partial charge in [0.05, 0.1) is 12.1 Å². The van der Waals surface area contributed by atoms with Gasteiger partial charge in [-0.2, -0.15) is 0 Å². The second-order valence-corrected chi connectivity index (χ2v) is 6.05. The molecule has 1 fully saturated rings. The van der Waals surface area contributed by atoms with Crippen molar-refractivity contribution in [2.45, 2.75) is 51.1 Å². The predicted molar refractivity (Wildman–Crippen MR) is 82.8 cm³/mol. The smallest absolute Gasteiger partial charge is 0.240 e. The van der Waals surface area contributed by atoms with Crippen molar-refractivity contribution >= 4 is 16.9 Å². The topological polar surface area (TPSA) is 68.3 Å². The minimum Gasteiger partial charge on any atom is -0.459 e. The lowest BCUT2D eigenvalue weighted by atomic mass is 9.82. The van der Waals surface area contributed by atoms with E-state index in [4.69, 9.17) is 10.2 Å². The number of para-hydroxylation sites is 1. The second-order valence-electron chi connectivity index (χ2n) is 6.05. The zero-order valence-corrected chi connectivity index (χ0v) is 12.4. The lowest BCUT2D eigenvalue weighted by molar-refractivity contribution is -0.127. The van der Waals surface area contributed by atoms with Crippen molar-refractivity contribution in [3.8, 4) is 0 Å². The van der Waals surface area contributed by atoms with E-state index in [2.05, 4.69) is 5.32 Å². The first-order valence-corrected chi connectivity index (χ1v) is 7.64. The number of fused-ring (bicyclic) bond motifs is 1. The van der Waals surface area contributed by atoms with Gasteiger partial charge >= 0.3 is 0 Å². The Morgan fingerprint density at radius 3 is 2.71 bits per heavy atom. The van der Waals surface area contributed by atoms with E-state index >= 15 is 0 Å². The van der Waals surface area contributed by atoms with Crippen LogP contribution in [0.1, 0.15) is 43.4 Å². The van der Waals surface area contributed by atoms with Crippen LogP contribution in [0.4, 0.5) is 0 Å². The van der Waals surface area contributed by atoms with Gasteiger partial charge < -0.3 is 15.5 Å². The molecule has 1 aromatic heterocycles. The Bertz CT molecular complexity index is 654. The number of nitrogens with two attached hydrogens (primary N) is 1. The van der Waals surface area contributed by atoms with Gasteiger partial charge in [0.1, 0.15) is 11.3 Å². The Morgan fingerprint density at radius 1 is 1.29 bits per heavy atom. The van der Waals surface area contributed by atoms with Gasteiger partial charge in [-0.25, -0.2) is 0 Å². The number of carbonyl (C=O) groups is 1. The van der Waals surface area contributed by atoms with Crippen LogP contribution in [0.2, 0.25) is 0 Å². The Balaban J connectivity index is 1.71. The maximum atomic E-state index is 12.3. The summed E-state index contributed by atoms with van der Waals surface area (Å²) in [6, 6.07) is 7.92. The minimum absolute atomic E-state index is 0.0537. The number of nitrogens with one attached hydrogen (secondary N) is 1. The second kappa shape index (κ2) is 5.53. The lowest BCUT2D eigenvalue weighted by Crippen LogP contribution is -2.54. The fourth-order valence-corrected chi connectivity index (χ4v) is 3.14. The van der Waals surface area contributed by atoms with Gasteiger partial charge in [-0.15, -0.1) is 0 Å². The molecule has 0 radical (unpaired) electrons. The highest BCUT2D eigenvalue weighted by atomic mass is 16.3.